The molecule has 0 bridgehead atoms. The van der Waals surface area contributed by atoms with Crippen molar-refractivity contribution in [2.24, 2.45) is 5.92 Å². The van der Waals surface area contributed by atoms with Crippen LogP contribution in [-0.4, -0.2) is 40.9 Å². The largest absolute Gasteiger partial charge is 0.445 e. The predicted molar refractivity (Wildman–Crippen MR) is 153 cm³/mol. The van der Waals surface area contributed by atoms with Gasteiger partial charge in [0.25, 0.3) is 0 Å². The number of benzene rings is 2. The predicted octanol–water partition coefficient (Wildman–Crippen LogP) is 8.21. The van der Waals surface area contributed by atoms with Gasteiger partial charge in [-0.3, -0.25) is 4.90 Å². The Balaban J connectivity index is 1.36. The summed E-state index contributed by atoms with van der Waals surface area (Å²) in [7, 11) is 0. The van der Waals surface area contributed by atoms with Gasteiger partial charge in [-0.25, -0.2) is 4.98 Å². The van der Waals surface area contributed by atoms with Crippen molar-refractivity contribution in [2.45, 2.75) is 65.1 Å². The summed E-state index contributed by atoms with van der Waals surface area (Å²) in [4.78, 5) is 6.72. The van der Waals surface area contributed by atoms with E-state index < -0.39 is 12.6 Å². The minimum atomic E-state index is -4.09. The SMILES string of the molecule is Cc1noc(NCCc2ccccc2-c2ccc(-c3ncco3)cc2CN2CCCC(CC(F)(F)F)CCC2)c1C. The van der Waals surface area contributed by atoms with Gasteiger partial charge in [0.05, 0.1) is 11.9 Å². The molecule has 4 aromatic rings. The Labute approximate surface area is 238 Å². The van der Waals surface area contributed by atoms with E-state index >= 15 is 0 Å². The second-order valence-electron chi connectivity index (χ2n) is 11.0. The molecule has 0 spiro atoms. The monoisotopic (exact) mass is 566 g/mol. The first-order valence-corrected chi connectivity index (χ1v) is 14.3. The molecule has 0 radical (unpaired) electrons. The van der Waals surface area contributed by atoms with Crippen molar-refractivity contribution in [3.63, 3.8) is 0 Å². The highest BCUT2D eigenvalue weighted by atomic mass is 19.4. The summed E-state index contributed by atoms with van der Waals surface area (Å²) in [6.07, 6.45) is 1.98. The number of oxazole rings is 1. The van der Waals surface area contributed by atoms with Crippen LogP contribution in [0, 0.1) is 19.8 Å². The fourth-order valence-corrected chi connectivity index (χ4v) is 5.77. The summed E-state index contributed by atoms with van der Waals surface area (Å²) in [5.41, 5.74) is 7.45. The van der Waals surface area contributed by atoms with E-state index in [4.69, 9.17) is 8.94 Å². The van der Waals surface area contributed by atoms with Crippen LogP contribution in [-0.2, 0) is 13.0 Å². The van der Waals surface area contributed by atoms with E-state index in [-0.39, 0.29) is 5.92 Å². The second kappa shape index (κ2) is 12.9. The lowest BCUT2D eigenvalue weighted by Crippen LogP contribution is -2.29. The van der Waals surface area contributed by atoms with Crippen molar-refractivity contribution in [1.82, 2.24) is 15.0 Å². The zero-order chi connectivity index (χ0) is 28.8. The Morgan fingerprint density at radius 1 is 1.00 bits per heavy atom. The van der Waals surface area contributed by atoms with Crippen LogP contribution in [0.3, 0.4) is 0 Å². The van der Waals surface area contributed by atoms with Crippen molar-refractivity contribution in [3.8, 4) is 22.6 Å². The molecule has 2 aromatic heterocycles. The summed E-state index contributed by atoms with van der Waals surface area (Å²) in [6, 6.07) is 14.7. The average Bonchev–Trinajstić information content (AvgIpc) is 3.57. The van der Waals surface area contributed by atoms with E-state index in [2.05, 4.69) is 56.8 Å². The molecule has 5 rings (SSSR count). The molecule has 3 heterocycles. The number of alkyl halides is 3. The van der Waals surface area contributed by atoms with Gasteiger partial charge in [0.2, 0.25) is 11.8 Å². The van der Waals surface area contributed by atoms with Crippen LogP contribution in [0.4, 0.5) is 19.1 Å². The number of anilines is 1. The molecule has 0 amide bonds. The van der Waals surface area contributed by atoms with Crippen molar-refractivity contribution in [1.29, 1.82) is 0 Å². The Bertz CT molecular complexity index is 1400. The number of halogens is 3. The fraction of sp³-hybridized carbons (Fsp3) is 0.438. The Morgan fingerprint density at radius 3 is 2.44 bits per heavy atom. The maximum atomic E-state index is 13.0. The van der Waals surface area contributed by atoms with E-state index in [1.165, 1.54) is 5.56 Å². The van der Waals surface area contributed by atoms with Gasteiger partial charge < -0.3 is 14.3 Å². The maximum absolute atomic E-state index is 13.0. The number of hydrogen-bond acceptors (Lipinski definition) is 6. The van der Waals surface area contributed by atoms with Gasteiger partial charge in [0.1, 0.15) is 6.26 Å². The first-order chi connectivity index (χ1) is 19.8. The number of nitrogens with one attached hydrogen (secondary N) is 1. The van der Waals surface area contributed by atoms with Crippen LogP contribution in [0.1, 0.15) is 54.5 Å². The molecular weight excluding hydrogens is 529 g/mol. The standard InChI is InChI=1S/C32H37F3N4O2/c1-22-23(2)38-41-30(22)36-14-13-25-9-3-4-10-28(25)29-12-11-26(31-37-15-18-40-31)19-27(29)21-39-16-5-7-24(8-6-17-39)20-32(33,34)35/h3-4,9-12,15,18-19,24,36H,5-8,13-14,16-17,20-21H2,1-2H3. The van der Waals surface area contributed by atoms with E-state index in [9.17, 15) is 13.2 Å². The van der Waals surface area contributed by atoms with Gasteiger partial charge in [-0.05, 0) is 99.3 Å². The van der Waals surface area contributed by atoms with Gasteiger partial charge in [-0.15, -0.1) is 0 Å². The lowest BCUT2D eigenvalue weighted by molar-refractivity contribution is -0.146. The smallest absolute Gasteiger partial charge is 0.389 e. The van der Waals surface area contributed by atoms with E-state index in [1.54, 1.807) is 12.5 Å². The van der Waals surface area contributed by atoms with Gasteiger partial charge in [0, 0.05) is 30.6 Å². The molecule has 1 fully saturated rings. The molecule has 218 valence electrons. The number of nitrogens with zero attached hydrogens (tertiary/aromatic N) is 3. The molecule has 41 heavy (non-hydrogen) atoms. The molecule has 1 aliphatic rings. The summed E-state index contributed by atoms with van der Waals surface area (Å²) in [6.45, 7) is 6.87. The number of aryl methyl sites for hydroxylation is 1. The summed E-state index contributed by atoms with van der Waals surface area (Å²) in [5.74, 6) is 0.993. The van der Waals surface area contributed by atoms with Crippen LogP contribution in [0.2, 0.25) is 0 Å². The minimum Gasteiger partial charge on any atom is -0.445 e. The lowest BCUT2D eigenvalue weighted by Gasteiger charge is -2.29. The van der Waals surface area contributed by atoms with Crippen molar-refractivity contribution in [2.75, 3.05) is 25.0 Å². The first kappa shape index (κ1) is 28.9. The summed E-state index contributed by atoms with van der Waals surface area (Å²) >= 11 is 0. The van der Waals surface area contributed by atoms with E-state index in [0.717, 1.165) is 65.9 Å². The quantitative estimate of drug-likeness (QED) is 0.220. The highest BCUT2D eigenvalue weighted by Gasteiger charge is 2.32. The van der Waals surface area contributed by atoms with Crippen molar-refractivity contribution in [3.05, 3.63) is 77.3 Å². The maximum Gasteiger partial charge on any atom is 0.389 e. The molecular formula is C32H37F3N4O2. The highest BCUT2D eigenvalue weighted by Crippen LogP contribution is 2.34. The highest BCUT2D eigenvalue weighted by molar-refractivity contribution is 5.74. The third kappa shape index (κ3) is 7.58. The molecule has 0 unspecified atom stereocenters. The average molecular weight is 567 g/mol. The second-order valence-corrected chi connectivity index (χ2v) is 11.0. The summed E-state index contributed by atoms with van der Waals surface area (Å²) in [5, 5.41) is 7.40. The molecule has 1 aliphatic heterocycles. The number of aromatic nitrogens is 2. The van der Waals surface area contributed by atoms with Crippen LogP contribution in [0.5, 0.6) is 0 Å². The van der Waals surface area contributed by atoms with Gasteiger partial charge >= 0.3 is 6.18 Å². The van der Waals surface area contributed by atoms with E-state index in [0.29, 0.717) is 37.7 Å². The van der Waals surface area contributed by atoms with Crippen LogP contribution >= 0.6 is 0 Å². The summed E-state index contributed by atoms with van der Waals surface area (Å²) < 4.78 is 49.9. The first-order valence-electron chi connectivity index (χ1n) is 14.3. The number of likely N-dealkylation sites (tertiary alicyclic amines) is 1. The Kier molecular flexibility index (Phi) is 9.12. The minimum absolute atomic E-state index is 0.272. The van der Waals surface area contributed by atoms with Crippen LogP contribution in [0.15, 0.2) is 63.9 Å². The Hall–Kier alpha value is -3.59. The molecule has 9 heteroatoms. The lowest BCUT2D eigenvalue weighted by atomic mass is 9.90. The zero-order valence-corrected chi connectivity index (χ0v) is 23.6. The van der Waals surface area contributed by atoms with Gasteiger partial charge in [0.15, 0.2) is 0 Å². The van der Waals surface area contributed by atoms with Crippen molar-refractivity contribution >= 4 is 5.88 Å². The molecule has 1 N–H and O–H groups in total. The normalized spacial score (nSPS) is 15.5. The topological polar surface area (TPSA) is 67.3 Å². The molecule has 1 saturated heterocycles. The molecule has 6 nitrogen and oxygen atoms in total. The number of rotatable bonds is 9. The molecule has 0 atom stereocenters. The van der Waals surface area contributed by atoms with E-state index in [1.807, 2.05) is 19.9 Å². The van der Waals surface area contributed by atoms with Gasteiger partial charge in [-0.1, -0.05) is 35.5 Å². The Morgan fingerprint density at radius 2 is 1.76 bits per heavy atom. The molecule has 0 aliphatic carbocycles. The fourth-order valence-electron chi connectivity index (χ4n) is 5.77. The molecule has 0 saturated carbocycles. The molecule has 2 aromatic carbocycles. The third-order valence-corrected chi connectivity index (χ3v) is 8.02. The van der Waals surface area contributed by atoms with Crippen molar-refractivity contribution < 1.29 is 22.1 Å². The third-order valence-electron chi connectivity index (χ3n) is 8.02. The van der Waals surface area contributed by atoms with Gasteiger partial charge in [-0.2, -0.15) is 13.2 Å². The zero-order valence-electron chi connectivity index (χ0n) is 23.6. The number of hydrogen-bond donors (Lipinski definition) is 1. The van der Waals surface area contributed by atoms with Crippen LogP contribution in [0.25, 0.3) is 22.6 Å². The van der Waals surface area contributed by atoms with Crippen LogP contribution < -0.4 is 5.32 Å².